The van der Waals surface area contributed by atoms with Crippen molar-refractivity contribution in [3.63, 3.8) is 0 Å². The summed E-state index contributed by atoms with van der Waals surface area (Å²) < 4.78 is 5.49. The number of amides is 1. The molecule has 0 radical (unpaired) electrons. The number of nitrogens with two attached hydrogens (primary N) is 1. The smallest absolute Gasteiger partial charge is 0.241 e. The van der Waals surface area contributed by atoms with Crippen LogP contribution in [0.5, 0.6) is 0 Å². The van der Waals surface area contributed by atoms with Gasteiger partial charge in [0.2, 0.25) is 5.91 Å². The third-order valence-electron chi connectivity index (χ3n) is 5.14. The molecule has 1 saturated heterocycles. The van der Waals surface area contributed by atoms with Crippen LogP contribution in [0.1, 0.15) is 34.3 Å². The molecule has 0 saturated carbocycles. The van der Waals surface area contributed by atoms with Crippen molar-refractivity contribution in [2.75, 3.05) is 32.8 Å². The summed E-state index contributed by atoms with van der Waals surface area (Å²) >= 11 is 0. The molecule has 3 N–H and O–H groups in total. The molecule has 7 heteroatoms. The molecule has 3 rings (SSSR count). The molecule has 1 fully saturated rings. The Kier molecular flexibility index (Phi) is 10.6. The number of carbonyl (C=O) groups is 1. The first kappa shape index (κ1) is 25.4. The number of nitrogens with zero attached hydrogens (tertiary/aromatic N) is 1. The monoisotopic (exact) mass is 439 g/mol. The van der Waals surface area contributed by atoms with Gasteiger partial charge in [-0.15, -0.1) is 24.8 Å². The number of nitrogens with one attached hydrogen (secondary N) is 1. The number of aryl methyl sites for hydroxylation is 2. The van der Waals surface area contributed by atoms with Crippen LogP contribution in [0.4, 0.5) is 0 Å². The maximum Gasteiger partial charge on any atom is 0.241 e. The van der Waals surface area contributed by atoms with Gasteiger partial charge in [-0.3, -0.25) is 9.69 Å². The first-order valence-corrected chi connectivity index (χ1v) is 9.53. The molecule has 2 aromatic carbocycles. The number of rotatable bonds is 6. The second-order valence-corrected chi connectivity index (χ2v) is 7.21. The minimum absolute atomic E-state index is 0. The number of ether oxygens (including phenoxy) is 1. The number of benzene rings is 2. The van der Waals surface area contributed by atoms with E-state index in [0.29, 0.717) is 6.54 Å². The highest BCUT2D eigenvalue weighted by atomic mass is 35.5. The lowest BCUT2D eigenvalue weighted by molar-refractivity contribution is -0.122. The molecule has 2 unspecified atom stereocenters. The van der Waals surface area contributed by atoms with Gasteiger partial charge in [0, 0.05) is 19.6 Å². The zero-order valence-electron chi connectivity index (χ0n) is 17.0. The molecule has 1 heterocycles. The molecule has 0 spiro atoms. The van der Waals surface area contributed by atoms with Gasteiger partial charge in [0.25, 0.3) is 0 Å². The lowest BCUT2D eigenvalue weighted by Crippen LogP contribution is -2.45. The molecule has 1 aliphatic rings. The van der Waals surface area contributed by atoms with Crippen LogP contribution in [0.3, 0.4) is 0 Å². The molecule has 2 atom stereocenters. The lowest BCUT2D eigenvalue weighted by Gasteiger charge is -2.35. The fourth-order valence-corrected chi connectivity index (χ4v) is 3.37. The van der Waals surface area contributed by atoms with Crippen LogP contribution in [-0.2, 0) is 9.53 Å². The fourth-order valence-electron chi connectivity index (χ4n) is 3.37. The van der Waals surface area contributed by atoms with Crippen LogP contribution >= 0.6 is 24.8 Å². The van der Waals surface area contributed by atoms with Crippen LogP contribution in [0.15, 0.2) is 48.5 Å². The molecular weight excluding hydrogens is 409 g/mol. The summed E-state index contributed by atoms with van der Waals surface area (Å²) in [7, 11) is 0. The van der Waals surface area contributed by atoms with E-state index in [4.69, 9.17) is 10.5 Å². The van der Waals surface area contributed by atoms with Crippen molar-refractivity contribution in [1.82, 2.24) is 10.2 Å². The topological polar surface area (TPSA) is 67.6 Å². The first-order chi connectivity index (χ1) is 13.0. The third kappa shape index (κ3) is 6.98. The van der Waals surface area contributed by atoms with Gasteiger partial charge in [-0.1, -0.05) is 59.7 Å². The average molecular weight is 440 g/mol. The highest BCUT2D eigenvalue weighted by Gasteiger charge is 2.24. The Morgan fingerprint density at radius 1 is 0.966 bits per heavy atom. The zero-order chi connectivity index (χ0) is 19.2. The minimum Gasteiger partial charge on any atom is -0.379 e. The molecule has 0 bridgehead atoms. The summed E-state index contributed by atoms with van der Waals surface area (Å²) in [6.45, 7) is 7.79. The Morgan fingerprint density at radius 3 is 1.97 bits per heavy atom. The molecular formula is C22H31Cl2N3O2. The summed E-state index contributed by atoms with van der Waals surface area (Å²) in [6.07, 6.45) is 0. The number of hydrogen-bond acceptors (Lipinski definition) is 4. The maximum absolute atomic E-state index is 12.6. The zero-order valence-corrected chi connectivity index (χ0v) is 18.6. The van der Waals surface area contributed by atoms with Gasteiger partial charge in [-0.25, -0.2) is 0 Å². The van der Waals surface area contributed by atoms with Crippen molar-refractivity contribution >= 4 is 30.7 Å². The largest absolute Gasteiger partial charge is 0.379 e. The predicted octanol–water partition coefficient (Wildman–Crippen LogP) is 3.34. The molecule has 160 valence electrons. The van der Waals surface area contributed by atoms with Crippen LogP contribution in [0.2, 0.25) is 0 Å². The number of hydrogen-bond donors (Lipinski definition) is 2. The molecule has 29 heavy (non-hydrogen) atoms. The van der Waals surface area contributed by atoms with Crippen molar-refractivity contribution in [2.45, 2.75) is 25.9 Å². The standard InChI is InChI=1S/C22H29N3O2.2ClH/c1-16-3-7-18(8-4-16)20(25-11-13-27-14-12-25)15-24-22(26)21(23)19-9-5-17(2)6-10-19;;/h3-10,20-21H,11-15,23H2,1-2H3,(H,24,26);2*1H. The normalized spacial score (nSPS) is 16.1. The van der Waals surface area contributed by atoms with Gasteiger partial charge in [-0.05, 0) is 25.0 Å². The Balaban J connectivity index is 0.00000210. The number of carbonyl (C=O) groups excluding carboxylic acids is 1. The Morgan fingerprint density at radius 2 is 1.45 bits per heavy atom. The molecule has 5 nitrogen and oxygen atoms in total. The number of morpholine rings is 1. The molecule has 0 aromatic heterocycles. The fraction of sp³-hybridized carbons (Fsp3) is 0.409. The summed E-state index contributed by atoms with van der Waals surface area (Å²) in [4.78, 5) is 15.0. The highest BCUT2D eigenvalue weighted by Crippen LogP contribution is 2.22. The van der Waals surface area contributed by atoms with E-state index in [-0.39, 0.29) is 36.8 Å². The number of halogens is 2. The highest BCUT2D eigenvalue weighted by molar-refractivity contribution is 5.85. The van der Waals surface area contributed by atoms with Gasteiger partial charge < -0.3 is 15.8 Å². The summed E-state index contributed by atoms with van der Waals surface area (Å²) in [5.41, 5.74) is 10.6. The van der Waals surface area contributed by atoms with E-state index in [9.17, 15) is 4.79 Å². The van der Waals surface area contributed by atoms with E-state index < -0.39 is 6.04 Å². The SMILES string of the molecule is Cc1ccc(C(N)C(=O)NCC(c2ccc(C)cc2)N2CCOCC2)cc1.Cl.Cl. The van der Waals surface area contributed by atoms with Crippen molar-refractivity contribution < 1.29 is 9.53 Å². The molecule has 1 amide bonds. The van der Waals surface area contributed by atoms with Gasteiger partial charge in [0.05, 0.1) is 19.3 Å². The third-order valence-corrected chi connectivity index (χ3v) is 5.14. The van der Waals surface area contributed by atoms with Crippen molar-refractivity contribution in [3.8, 4) is 0 Å². The van der Waals surface area contributed by atoms with Gasteiger partial charge in [0.1, 0.15) is 6.04 Å². The van der Waals surface area contributed by atoms with Gasteiger partial charge in [0.15, 0.2) is 0 Å². The van der Waals surface area contributed by atoms with E-state index in [1.807, 2.05) is 31.2 Å². The summed E-state index contributed by atoms with van der Waals surface area (Å²) in [5.74, 6) is -0.149. The Hall–Kier alpha value is -1.63. The lowest BCUT2D eigenvalue weighted by atomic mass is 10.0. The van der Waals surface area contributed by atoms with Crippen molar-refractivity contribution in [3.05, 3.63) is 70.8 Å². The van der Waals surface area contributed by atoms with Crippen molar-refractivity contribution in [1.29, 1.82) is 0 Å². The van der Waals surface area contributed by atoms with Crippen LogP contribution in [-0.4, -0.2) is 43.7 Å². The Labute approximate surface area is 185 Å². The second kappa shape index (κ2) is 12.2. The first-order valence-electron chi connectivity index (χ1n) is 9.53. The molecule has 0 aliphatic carbocycles. The van der Waals surface area contributed by atoms with Crippen LogP contribution in [0, 0.1) is 13.8 Å². The maximum atomic E-state index is 12.6. The molecule has 2 aromatic rings. The average Bonchev–Trinajstić information content (AvgIpc) is 2.70. The van der Waals surface area contributed by atoms with Gasteiger partial charge in [-0.2, -0.15) is 0 Å². The van der Waals surface area contributed by atoms with Crippen molar-refractivity contribution in [2.24, 2.45) is 5.73 Å². The predicted molar refractivity (Wildman–Crippen MR) is 122 cm³/mol. The second-order valence-electron chi connectivity index (χ2n) is 7.21. The minimum atomic E-state index is -0.658. The summed E-state index contributed by atoms with van der Waals surface area (Å²) in [6, 6.07) is 15.8. The molecule has 1 aliphatic heterocycles. The van der Waals surface area contributed by atoms with Crippen LogP contribution < -0.4 is 11.1 Å². The summed E-state index contributed by atoms with van der Waals surface area (Å²) in [5, 5.41) is 3.06. The van der Waals surface area contributed by atoms with Crippen LogP contribution in [0.25, 0.3) is 0 Å². The van der Waals surface area contributed by atoms with E-state index in [0.717, 1.165) is 37.4 Å². The van der Waals surface area contributed by atoms with E-state index in [1.165, 1.54) is 11.1 Å². The Bertz CT molecular complexity index is 748. The van der Waals surface area contributed by atoms with E-state index in [1.54, 1.807) is 0 Å². The van der Waals surface area contributed by atoms with Gasteiger partial charge >= 0.3 is 0 Å². The quantitative estimate of drug-likeness (QED) is 0.723. The van der Waals surface area contributed by atoms with E-state index >= 15 is 0 Å². The van der Waals surface area contributed by atoms with E-state index in [2.05, 4.69) is 41.4 Å².